The van der Waals surface area contributed by atoms with Crippen LogP contribution in [0.25, 0.3) is 0 Å². The fraction of sp³-hybridized carbons (Fsp3) is 0.778. The molecule has 0 radical (unpaired) electrons. The minimum Gasteiger partial charge on any atom is -0.317 e. The third-order valence-electron chi connectivity index (χ3n) is 2.78. The van der Waals surface area contributed by atoms with Gasteiger partial charge in [0.1, 0.15) is 3.70 Å². The van der Waals surface area contributed by atoms with Gasteiger partial charge >= 0.3 is 0 Å². The van der Waals surface area contributed by atoms with Crippen molar-refractivity contribution in [2.24, 2.45) is 5.92 Å². The maximum Gasteiger partial charge on any atom is 0.119 e. The zero-order valence-corrected chi connectivity index (χ0v) is 10.3. The number of nitrogens with zero attached hydrogens (tertiary/aromatic N) is 3. The summed E-state index contributed by atoms with van der Waals surface area (Å²) in [4.78, 5) is 0. The van der Waals surface area contributed by atoms with Crippen LogP contribution in [0, 0.1) is 9.62 Å². The summed E-state index contributed by atoms with van der Waals surface area (Å²) >= 11 is 2.28. The van der Waals surface area contributed by atoms with Crippen LogP contribution in [-0.2, 0) is 6.54 Å². The Labute approximate surface area is 97.6 Å². The van der Waals surface area contributed by atoms with Gasteiger partial charge in [0.15, 0.2) is 0 Å². The van der Waals surface area contributed by atoms with Crippen molar-refractivity contribution in [1.82, 2.24) is 20.3 Å². The molecule has 5 heteroatoms. The Bertz CT molecular complexity index is 280. The quantitative estimate of drug-likeness (QED) is 0.855. The molecule has 2 heterocycles. The molecule has 1 aromatic heterocycles. The second kappa shape index (κ2) is 5.06. The minimum atomic E-state index is 0.872. The SMILES string of the molecule is Ic1cnnn1CCC1CCNCC1. The first-order valence-corrected chi connectivity index (χ1v) is 6.19. The molecule has 0 atom stereocenters. The number of piperidine rings is 1. The van der Waals surface area contributed by atoms with Crippen LogP contribution in [0.1, 0.15) is 19.3 Å². The van der Waals surface area contributed by atoms with E-state index in [1.807, 2.05) is 10.9 Å². The van der Waals surface area contributed by atoms with Crippen molar-refractivity contribution < 1.29 is 0 Å². The van der Waals surface area contributed by atoms with Gasteiger partial charge < -0.3 is 5.32 Å². The topological polar surface area (TPSA) is 42.7 Å². The van der Waals surface area contributed by atoms with E-state index in [2.05, 4.69) is 38.2 Å². The van der Waals surface area contributed by atoms with Crippen LogP contribution in [-0.4, -0.2) is 28.1 Å². The molecule has 2 rings (SSSR count). The summed E-state index contributed by atoms with van der Waals surface area (Å²) in [5.74, 6) is 0.872. The van der Waals surface area contributed by atoms with Crippen molar-refractivity contribution in [3.8, 4) is 0 Å². The summed E-state index contributed by atoms with van der Waals surface area (Å²) in [6, 6.07) is 0. The van der Waals surface area contributed by atoms with E-state index in [1.165, 1.54) is 32.4 Å². The molecule has 4 nitrogen and oxygen atoms in total. The first-order chi connectivity index (χ1) is 6.86. The predicted molar refractivity (Wildman–Crippen MR) is 62.9 cm³/mol. The highest BCUT2D eigenvalue weighted by atomic mass is 127. The lowest BCUT2D eigenvalue weighted by Gasteiger charge is -2.22. The van der Waals surface area contributed by atoms with Crippen LogP contribution in [0.2, 0.25) is 0 Å². The van der Waals surface area contributed by atoms with Crippen molar-refractivity contribution >= 4 is 22.6 Å². The maximum absolute atomic E-state index is 4.04. The summed E-state index contributed by atoms with van der Waals surface area (Å²) < 4.78 is 3.12. The number of aromatic nitrogens is 3. The minimum absolute atomic E-state index is 0.872. The average molecular weight is 306 g/mol. The Morgan fingerprint density at radius 2 is 2.29 bits per heavy atom. The third-order valence-corrected chi connectivity index (χ3v) is 3.61. The van der Waals surface area contributed by atoms with E-state index in [-0.39, 0.29) is 0 Å². The van der Waals surface area contributed by atoms with Crippen LogP contribution in [0.5, 0.6) is 0 Å². The maximum atomic E-state index is 4.04. The summed E-state index contributed by atoms with van der Waals surface area (Å²) in [6.45, 7) is 3.38. The molecular formula is C9H15IN4. The third kappa shape index (κ3) is 2.66. The lowest BCUT2D eigenvalue weighted by Crippen LogP contribution is -2.28. The normalized spacial score (nSPS) is 18.6. The largest absolute Gasteiger partial charge is 0.317 e. The lowest BCUT2D eigenvalue weighted by molar-refractivity contribution is 0.329. The van der Waals surface area contributed by atoms with E-state index in [0.717, 1.165) is 16.2 Å². The van der Waals surface area contributed by atoms with E-state index < -0.39 is 0 Å². The number of rotatable bonds is 3. The van der Waals surface area contributed by atoms with E-state index in [9.17, 15) is 0 Å². The number of hydrogen-bond donors (Lipinski definition) is 1. The predicted octanol–water partition coefficient (Wildman–Crippen LogP) is 1.27. The molecule has 0 spiro atoms. The Kier molecular flexibility index (Phi) is 3.74. The number of halogens is 1. The zero-order chi connectivity index (χ0) is 9.80. The van der Waals surface area contributed by atoms with Crippen molar-refractivity contribution in [1.29, 1.82) is 0 Å². The Morgan fingerprint density at radius 1 is 1.50 bits per heavy atom. The molecule has 0 aliphatic carbocycles. The van der Waals surface area contributed by atoms with E-state index in [1.54, 1.807) is 0 Å². The lowest BCUT2D eigenvalue weighted by atomic mass is 9.95. The second-order valence-electron chi connectivity index (χ2n) is 3.76. The summed E-state index contributed by atoms with van der Waals surface area (Å²) in [6.07, 6.45) is 5.67. The molecule has 1 aliphatic rings. The van der Waals surface area contributed by atoms with Gasteiger partial charge in [-0.25, -0.2) is 4.68 Å². The smallest absolute Gasteiger partial charge is 0.119 e. The van der Waals surface area contributed by atoms with Gasteiger partial charge in [-0.15, -0.1) is 5.10 Å². The standard InChI is InChI=1S/C9H15IN4/c10-9-7-12-13-14(9)6-3-8-1-4-11-5-2-8/h7-8,11H,1-6H2. The molecule has 0 amide bonds. The van der Waals surface area contributed by atoms with Gasteiger partial charge in [-0.2, -0.15) is 0 Å². The van der Waals surface area contributed by atoms with Crippen LogP contribution >= 0.6 is 22.6 Å². The first-order valence-electron chi connectivity index (χ1n) is 5.11. The van der Waals surface area contributed by atoms with Gasteiger partial charge in [-0.05, 0) is 60.9 Å². The fourth-order valence-corrected chi connectivity index (χ4v) is 2.33. The highest BCUT2D eigenvalue weighted by molar-refractivity contribution is 14.1. The van der Waals surface area contributed by atoms with Crippen molar-refractivity contribution in [3.63, 3.8) is 0 Å². The fourth-order valence-electron chi connectivity index (χ4n) is 1.87. The zero-order valence-electron chi connectivity index (χ0n) is 8.12. The molecule has 78 valence electrons. The molecule has 0 aromatic carbocycles. The molecule has 14 heavy (non-hydrogen) atoms. The summed E-state index contributed by atoms with van der Waals surface area (Å²) in [5, 5.41) is 11.3. The van der Waals surface area contributed by atoms with Gasteiger partial charge in [0, 0.05) is 6.54 Å². The molecule has 1 aliphatic heterocycles. The molecule has 0 bridgehead atoms. The van der Waals surface area contributed by atoms with Crippen LogP contribution in [0.3, 0.4) is 0 Å². The monoisotopic (exact) mass is 306 g/mol. The average Bonchev–Trinajstić information content (AvgIpc) is 2.63. The Morgan fingerprint density at radius 3 is 2.93 bits per heavy atom. The molecule has 1 saturated heterocycles. The van der Waals surface area contributed by atoms with Gasteiger partial charge in [-0.3, -0.25) is 0 Å². The van der Waals surface area contributed by atoms with Crippen molar-refractivity contribution in [2.75, 3.05) is 13.1 Å². The number of nitrogens with one attached hydrogen (secondary N) is 1. The highest BCUT2D eigenvalue weighted by Crippen LogP contribution is 2.17. The second-order valence-corrected chi connectivity index (χ2v) is 4.87. The van der Waals surface area contributed by atoms with Gasteiger partial charge in [0.2, 0.25) is 0 Å². The van der Waals surface area contributed by atoms with Crippen molar-refractivity contribution in [3.05, 3.63) is 9.90 Å². The van der Waals surface area contributed by atoms with E-state index in [0.29, 0.717) is 0 Å². The van der Waals surface area contributed by atoms with E-state index in [4.69, 9.17) is 0 Å². The molecule has 0 unspecified atom stereocenters. The molecule has 0 saturated carbocycles. The van der Waals surface area contributed by atoms with Crippen LogP contribution in [0.15, 0.2) is 6.20 Å². The molecular weight excluding hydrogens is 291 g/mol. The van der Waals surface area contributed by atoms with Gasteiger partial charge in [-0.1, -0.05) is 5.21 Å². The van der Waals surface area contributed by atoms with Crippen molar-refractivity contribution in [2.45, 2.75) is 25.8 Å². The summed E-state index contributed by atoms with van der Waals surface area (Å²) in [7, 11) is 0. The highest BCUT2D eigenvalue weighted by Gasteiger charge is 2.13. The number of hydrogen-bond acceptors (Lipinski definition) is 3. The number of aryl methyl sites for hydroxylation is 1. The molecule has 1 N–H and O–H groups in total. The van der Waals surface area contributed by atoms with Gasteiger partial charge in [0.25, 0.3) is 0 Å². The first kappa shape index (κ1) is 10.4. The Hall–Kier alpha value is -0.170. The molecule has 1 aromatic rings. The van der Waals surface area contributed by atoms with E-state index >= 15 is 0 Å². The van der Waals surface area contributed by atoms with Gasteiger partial charge in [0.05, 0.1) is 6.20 Å². The Balaban J connectivity index is 1.79. The molecule has 1 fully saturated rings. The van der Waals surface area contributed by atoms with Crippen LogP contribution < -0.4 is 5.32 Å². The van der Waals surface area contributed by atoms with Crippen LogP contribution in [0.4, 0.5) is 0 Å². The summed E-state index contributed by atoms with van der Waals surface area (Å²) in [5.41, 5.74) is 0.